The summed E-state index contributed by atoms with van der Waals surface area (Å²) < 4.78 is 24.0. The van der Waals surface area contributed by atoms with E-state index in [0.717, 1.165) is 11.3 Å². The molecule has 0 bridgehead atoms. The first kappa shape index (κ1) is 14.6. The van der Waals surface area contributed by atoms with Gasteiger partial charge in [-0.05, 0) is 39.0 Å². The maximum absolute atomic E-state index is 13.1. The van der Waals surface area contributed by atoms with Gasteiger partial charge in [0.25, 0.3) is 0 Å². The second-order valence-corrected chi connectivity index (χ2v) is 5.72. The van der Waals surface area contributed by atoms with Crippen molar-refractivity contribution >= 4 is 0 Å². The highest BCUT2D eigenvalue weighted by Crippen LogP contribution is 2.17. The zero-order chi connectivity index (χ0) is 14.6. The van der Waals surface area contributed by atoms with Crippen molar-refractivity contribution in [2.75, 3.05) is 0 Å². The van der Waals surface area contributed by atoms with E-state index in [9.17, 15) is 4.39 Å². The minimum atomic E-state index is -0.309. The molecule has 2 rings (SSSR count). The Labute approximate surface area is 118 Å². The van der Waals surface area contributed by atoms with Gasteiger partial charge in [-0.1, -0.05) is 6.07 Å². The highest BCUT2D eigenvalue weighted by Gasteiger charge is 2.12. The van der Waals surface area contributed by atoms with E-state index in [1.54, 1.807) is 18.4 Å². The van der Waals surface area contributed by atoms with E-state index < -0.39 is 0 Å². The van der Waals surface area contributed by atoms with E-state index >= 15 is 0 Å². The molecule has 20 heavy (non-hydrogen) atoms. The topological polar surface area (TPSA) is 34.4 Å². The largest absolute Gasteiger partial charge is 0.486 e. The summed E-state index contributed by atoms with van der Waals surface area (Å²) in [6.07, 6.45) is 1.64. The van der Waals surface area contributed by atoms with Gasteiger partial charge in [0.05, 0.1) is 6.26 Å². The fourth-order valence-corrected chi connectivity index (χ4v) is 1.72. The van der Waals surface area contributed by atoms with Crippen molar-refractivity contribution in [1.82, 2.24) is 5.32 Å². The second-order valence-electron chi connectivity index (χ2n) is 5.72. The van der Waals surface area contributed by atoms with Crippen LogP contribution in [0, 0.1) is 5.82 Å². The number of rotatable bonds is 5. The van der Waals surface area contributed by atoms with Crippen LogP contribution >= 0.6 is 0 Å². The summed E-state index contributed by atoms with van der Waals surface area (Å²) in [6.45, 7) is 7.32. The van der Waals surface area contributed by atoms with Crippen LogP contribution in [-0.2, 0) is 13.2 Å². The Morgan fingerprint density at radius 3 is 2.75 bits per heavy atom. The molecule has 0 aliphatic heterocycles. The molecule has 0 unspecified atom stereocenters. The third-order valence-electron chi connectivity index (χ3n) is 2.81. The molecule has 1 heterocycles. The van der Waals surface area contributed by atoms with E-state index in [1.165, 1.54) is 12.1 Å². The third-order valence-corrected chi connectivity index (χ3v) is 2.81. The van der Waals surface area contributed by atoms with Crippen LogP contribution in [0.5, 0.6) is 5.75 Å². The summed E-state index contributed by atoms with van der Waals surface area (Å²) >= 11 is 0. The summed E-state index contributed by atoms with van der Waals surface area (Å²) in [5.41, 5.74) is 1.09. The molecule has 0 amide bonds. The Balaban J connectivity index is 1.95. The molecule has 4 heteroatoms. The quantitative estimate of drug-likeness (QED) is 0.900. The number of hydrogen-bond donors (Lipinski definition) is 1. The molecule has 0 saturated heterocycles. The van der Waals surface area contributed by atoms with Crippen LogP contribution in [0.2, 0.25) is 0 Å². The highest BCUT2D eigenvalue weighted by atomic mass is 19.1. The number of furan rings is 1. The Morgan fingerprint density at radius 1 is 1.25 bits per heavy atom. The minimum Gasteiger partial charge on any atom is -0.486 e. The molecule has 2 aromatic rings. The number of benzene rings is 1. The molecule has 108 valence electrons. The van der Waals surface area contributed by atoms with Gasteiger partial charge in [-0.15, -0.1) is 0 Å². The molecule has 0 spiro atoms. The summed E-state index contributed by atoms with van der Waals surface area (Å²) in [4.78, 5) is 0. The van der Waals surface area contributed by atoms with Crippen molar-refractivity contribution in [1.29, 1.82) is 0 Å². The number of hydrogen-bond acceptors (Lipinski definition) is 3. The van der Waals surface area contributed by atoms with Crippen molar-refractivity contribution in [3.8, 4) is 5.75 Å². The summed E-state index contributed by atoms with van der Waals surface area (Å²) in [5, 5.41) is 3.40. The zero-order valence-electron chi connectivity index (χ0n) is 12.1. The van der Waals surface area contributed by atoms with E-state index in [1.807, 2.05) is 6.07 Å². The SMILES string of the molecule is CC(C)(C)NCc1ccoc1COc1cccc(F)c1. The molecule has 1 aromatic carbocycles. The predicted octanol–water partition coefficient (Wildman–Crippen LogP) is 3.89. The summed E-state index contributed by atoms with van der Waals surface area (Å²) in [5.74, 6) is 0.943. The van der Waals surface area contributed by atoms with E-state index in [2.05, 4.69) is 26.1 Å². The Bertz CT molecular complexity index is 558. The van der Waals surface area contributed by atoms with Crippen molar-refractivity contribution in [2.24, 2.45) is 0 Å². The molecule has 0 saturated carbocycles. The van der Waals surface area contributed by atoms with Gasteiger partial charge in [-0.2, -0.15) is 0 Å². The van der Waals surface area contributed by atoms with Gasteiger partial charge in [0.15, 0.2) is 0 Å². The van der Waals surface area contributed by atoms with Gasteiger partial charge in [-0.25, -0.2) is 4.39 Å². The van der Waals surface area contributed by atoms with Crippen LogP contribution in [0.3, 0.4) is 0 Å². The molecule has 3 nitrogen and oxygen atoms in total. The monoisotopic (exact) mass is 277 g/mol. The maximum Gasteiger partial charge on any atom is 0.146 e. The van der Waals surface area contributed by atoms with E-state index in [-0.39, 0.29) is 18.0 Å². The molecular weight excluding hydrogens is 257 g/mol. The molecular formula is C16H20FNO2. The minimum absolute atomic E-state index is 0.0396. The van der Waals surface area contributed by atoms with Crippen molar-refractivity contribution < 1.29 is 13.5 Å². The lowest BCUT2D eigenvalue weighted by molar-refractivity contribution is 0.266. The molecule has 0 radical (unpaired) electrons. The van der Waals surface area contributed by atoms with E-state index in [0.29, 0.717) is 12.3 Å². The van der Waals surface area contributed by atoms with Gasteiger partial charge in [0.2, 0.25) is 0 Å². The van der Waals surface area contributed by atoms with Gasteiger partial charge in [0.1, 0.15) is 23.9 Å². The predicted molar refractivity (Wildman–Crippen MR) is 76.0 cm³/mol. The van der Waals surface area contributed by atoms with E-state index in [4.69, 9.17) is 9.15 Å². The van der Waals surface area contributed by atoms with Crippen LogP contribution < -0.4 is 10.1 Å². The normalized spacial score (nSPS) is 11.6. The van der Waals surface area contributed by atoms with Crippen LogP contribution in [0.4, 0.5) is 4.39 Å². The molecule has 0 fully saturated rings. The van der Waals surface area contributed by atoms with Crippen LogP contribution in [-0.4, -0.2) is 5.54 Å². The van der Waals surface area contributed by atoms with Gasteiger partial charge in [0, 0.05) is 23.7 Å². The standard InChI is InChI=1S/C16H20FNO2/c1-16(2,3)18-10-12-7-8-19-15(12)11-20-14-6-4-5-13(17)9-14/h4-9,18H,10-11H2,1-3H3. The maximum atomic E-state index is 13.1. The number of ether oxygens (including phenoxy) is 1. The highest BCUT2D eigenvalue weighted by molar-refractivity contribution is 5.23. The van der Waals surface area contributed by atoms with Crippen LogP contribution in [0.15, 0.2) is 41.0 Å². The van der Waals surface area contributed by atoms with Crippen molar-refractivity contribution in [3.63, 3.8) is 0 Å². The molecule has 0 atom stereocenters. The lowest BCUT2D eigenvalue weighted by Gasteiger charge is -2.20. The lowest BCUT2D eigenvalue weighted by Crippen LogP contribution is -2.35. The van der Waals surface area contributed by atoms with Crippen LogP contribution in [0.1, 0.15) is 32.1 Å². The number of halogens is 1. The fourth-order valence-electron chi connectivity index (χ4n) is 1.72. The lowest BCUT2D eigenvalue weighted by atomic mass is 10.1. The Morgan fingerprint density at radius 2 is 2.05 bits per heavy atom. The molecule has 1 aromatic heterocycles. The Kier molecular flexibility index (Phi) is 4.45. The van der Waals surface area contributed by atoms with Gasteiger partial charge >= 0.3 is 0 Å². The molecule has 1 N–H and O–H groups in total. The summed E-state index contributed by atoms with van der Waals surface area (Å²) in [6, 6.07) is 8.01. The first-order valence-corrected chi connectivity index (χ1v) is 6.63. The van der Waals surface area contributed by atoms with Gasteiger partial charge in [-0.3, -0.25) is 0 Å². The van der Waals surface area contributed by atoms with Crippen molar-refractivity contribution in [3.05, 3.63) is 53.7 Å². The Hall–Kier alpha value is -1.81. The fraction of sp³-hybridized carbons (Fsp3) is 0.375. The third kappa shape index (κ3) is 4.38. The van der Waals surface area contributed by atoms with Crippen LogP contribution in [0.25, 0.3) is 0 Å². The first-order valence-electron chi connectivity index (χ1n) is 6.63. The smallest absolute Gasteiger partial charge is 0.146 e. The van der Waals surface area contributed by atoms with Crippen molar-refractivity contribution in [2.45, 2.75) is 39.5 Å². The average molecular weight is 277 g/mol. The molecule has 0 aliphatic rings. The second kappa shape index (κ2) is 6.09. The van der Waals surface area contributed by atoms with Gasteiger partial charge < -0.3 is 14.5 Å². The zero-order valence-corrected chi connectivity index (χ0v) is 12.1. The average Bonchev–Trinajstić information content (AvgIpc) is 2.81. The first-order chi connectivity index (χ1) is 9.44. The number of nitrogens with one attached hydrogen (secondary N) is 1. The summed E-state index contributed by atoms with van der Waals surface area (Å²) in [7, 11) is 0. The molecule has 0 aliphatic carbocycles.